The smallest absolute Gasteiger partial charge is 0.186 e. The first-order valence-electron chi connectivity index (χ1n) is 8.52. The summed E-state index contributed by atoms with van der Waals surface area (Å²) in [6, 6.07) is 6.54. The minimum atomic E-state index is -1.69. The average Bonchev–Trinajstić information content (AvgIpc) is 2.51. The number of unbranched alkanes of at least 4 members (excludes halogenated alkanes) is 2. The Morgan fingerprint density at radius 3 is 2.41 bits per heavy atom. The van der Waals surface area contributed by atoms with Gasteiger partial charge < -0.3 is 10.2 Å². The fraction of sp³-hybridized carbons (Fsp3) is 0.500. The van der Waals surface area contributed by atoms with Gasteiger partial charge in [-0.05, 0) is 54.0 Å². The first kappa shape index (κ1) is 17.0. The molecule has 0 fully saturated rings. The molecule has 0 bridgehead atoms. The predicted octanol–water partition coefficient (Wildman–Crippen LogP) is 4.40. The zero-order chi connectivity index (χ0) is 16.0. The molecule has 0 spiro atoms. The molecule has 0 radical (unpaired) electrons. The number of hydrogen-bond acceptors (Lipinski definition) is 2. The first-order valence-corrected chi connectivity index (χ1v) is 8.52. The van der Waals surface area contributed by atoms with Crippen molar-refractivity contribution in [2.75, 3.05) is 0 Å². The van der Waals surface area contributed by atoms with E-state index in [4.69, 9.17) is 0 Å². The van der Waals surface area contributed by atoms with Crippen molar-refractivity contribution in [2.24, 2.45) is 0 Å². The summed E-state index contributed by atoms with van der Waals surface area (Å²) in [5, 5.41) is 19.3. The van der Waals surface area contributed by atoms with Gasteiger partial charge in [0, 0.05) is 6.42 Å². The van der Waals surface area contributed by atoms with Gasteiger partial charge >= 0.3 is 0 Å². The van der Waals surface area contributed by atoms with Crippen molar-refractivity contribution in [3.8, 4) is 0 Å². The Morgan fingerprint density at radius 2 is 1.77 bits per heavy atom. The van der Waals surface area contributed by atoms with Crippen molar-refractivity contribution in [1.82, 2.24) is 0 Å². The van der Waals surface area contributed by atoms with Crippen LogP contribution in [0.5, 0.6) is 0 Å². The van der Waals surface area contributed by atoms with E-state index in [-0.39, 0.29) is 6.42 Å². The van der Waals surface area contributed by atoms with Gasteiger partial charge in [0.05, 0.1) is 0 Å². The maximum Gasteiger partial charge on any atom is 0.186 e. The molecule has 1 aliphatic carbocycles. The quantitative estimate of drug-likeness (QED) is 0.733. The minimum absolute atomic E-state index is 0.255. The summed E-state index contributed by atoms with van der Waals surface area (Å²) in [7, 11) is 0. The van der Waals surface area contributed by atoms with Crippen molar-refractivity contribution in [2.45, 2.75) is 64.6 Å². The van der Waals surface area contributed by atoms with E-state index < -0.39 is 5.79 Å². The van der Waals surface area contributed by atoms with E-state index in [1.54, 1.807) is 0 Å². The molecule has 22 heavy (non-hydrogen) atoms. The van der Waals surface area contributed by atoms with Gasteiger partial charge in [0.2, 0.25) is 0 Å². The summed E-state index contributed by atoms with van der Waals surface area (Å²) in [5.41, 5.74) is 5.26. The van der Waals surface area contributed by atoms with Gasteiger partial charge in [0.1, 0.15) is 0 Å². The molecule has 0 heterocycles. The van der Waals surface area contributed by atoms with Crippen LogP contribution >= 0.6 is 0 Å². The minimum Gasteiger partial charge on any atom is -0.362 e. The lowest BCUT2D eigenvalue weighted by Crippen LogP contribution is -2.25. The standard InChI is InChI=1S/C20H28O2/c1-3-5-8-16-9-7-11-19(18(16)10-6-4-2)17-12-14-20(21,22)15-13-17/h7,9,11-14,21-22H,3-6,8,10,15H2,1-2H3. The van der Waals surface area contributed by atoms with Crippen LogP contribution in [0.2, 0.25) is 0 Å². The highest BCUT2D eigenvalue weighted by atomic mass is 16.5. The Bertz CT molecular complexity index is 553. The van der Waals surface area contributed by atoms with Crippen LogP contribution in [0.3, 0.4) is 0 Å². The number of aliphatic hydroxyl groups is 2. The molecule has 2 N–H and O–H groups in total. The fourth-order valence-corrected chi connectivity index (χ4v) is 2.97. The van der Waals surface area contributed by atoms with E-state index in [0.717, 1.165) is 18.4 Å². The molecular formula is C20H28O2. The lowest BCUT2D eigenvalue weighted by Gasteiger charge is -2.22. The van der Waals surface area contributed by atoms with Gasteiger partial charge in [-0.15, -0.1) is 0 Å². The third-order valence-electron chi connectivity index (χ3n) is 4.32. The molecular weight excluding hydrogens is 272 g/mol. The summed E-state index contributed by atoms with van der Waals surface area (Å²) >= 11 is 0. The molecule has 0 saturated carbocycles. The Kier molecular flexibility index (Phi) is 5.98. The van der Waals surface area contributed by atoms with Crippen LogP contribution in [0.15, 0.2) is 36.4 Å². The summed E-state index contributed by atoms with van der Waals surface area (Å²) in [4.78, 5) is 0. The molecule has 2 nitrogen and oxygen atoms in total. The highest BCUT2D eigenvalue weighted by Crippen LogP contribution is 2.30. The second-order valence-electron chi connectivity index (χ2n) is 6.23. The predicted molar refractivity (Wildman–Crippen MR) is 92.6 cm³/mol. The van der Waals surface area contributed by atoms with E-state index in [1.165, 1.54) is 48.4 Å². The van der Waals surface area contributed by atoms with Crippen LogP contribution in [-0.4, -0.2) is 16.0 Å². The Labute approximate surface area is 134 Å². The number of allylic oxidation sites excluding steroid dienone is 2. The molecule has 1 aliphatic rings. The molecule has 0 aromatic heterocycles. The van der Waals surface area contributed by atoms with Crippen LogP contribution in [0.4, 0.5) is 0 Å². The monoisotopic (exact) mass is 300 g/mol. The lowest BCUT2D eigenvalue weighted by molar-refractivity contribution is -0.114. The van der Waals surface area contributed by atoms with E-state index in [2.05, 4.69) is 32.0 Å². The zero-order valence-corrected chi connectivity index (χ0v) is 13.8. The third kappa shape index (κ3) is 4.31. The van der Waals surface area contributed by atoms with Gasteiger partial charge in [-0.2, -0.15) is 0 Å². The number of aryl methyl sites for hydroxylation is 1. The topological polar surface area (TPSA) is 40.5 Å². The largest absolute Gasteiger partial charge is 0.362 e. The fourth-order valence-electron chi connectivity index (χ4n) is 2.97. The second kappa shape index (κ2) is 7.75. The molecule has 1 aromatic rings. The Hall–Kier alpha value is -1.38. The molecule has 0 amide bonds. The van der Waals surface area contributed by atoms with Crippen molar-refractivity contribution >= 4 is 5.57 Å². The van der Waals surface area contributed by atoms with E-state index >= 15 is 0 Å². The molecule has 2 rings (SSSR count). The van der Waals surface area contributed by atoms with Gasteiger partial charge in [0.15, 0.2) is 5.79 Å². The molecule has 0 saturated heterocycles. The molecule has 1 aromatic carbocycles. The van der Waals surface area contributed by atoms with Crippen LogP contribution < -0.4 is 0 Å². The Balaban J connectivity index is 2.33. The molecule has 0 atom stereocenters. The Morgan fingerprint density at radius 1 is 1.05 bits per heavy atom. The van der Waals surface area contributed by atoms with Crippen molar-refractivity contribution < 1.29 is 10.2 Å². The van der Waals surface area contributed by atoms with Crippen LogP contribution in [0.25, 0.3) is 5.57 Å². The molecule has 2 heteroatoms. The van der Waals surface area contributed by atoms with Crippen LogP contribution in [0.1, 0.15) is 62.6 Å². The van der Waals surface area contributed by atoms with E-state index in [1.807, 2.05) is 12.2 Å². The van der Waals surface area contributed by atoms with Crippen molar-refractivity contribution in [3.63, 3.8) is 0 Å². The molecule has 120 valence electrons. The van der Waals surface area contributed by atoms with Crippen LogP contribution in [-0.2, 0) is 12.8 Å². The van der Waals surface area contributed by atoms with Crippen molar-refractivity contribution in [1.29, 1.82) is 0 Å². The molecule has 0 unspecified atom stereocenters. The highest BCUT2D eigenvalue weighted by Gasteiger charge is 2.22. The summed E-state index contributed by atoms with van der Waals surface area (Å²) in [5.74, 6) is -1.69. The number of rotatable bonds is 7. The van der Waals surface area contributed by atoms with E-state index in [9.17, 15) is 10.2 Å². The first-order chi connectivity index (χ1) is 10.6. The molecule has 0 aliphatic heterocycles. The second-order valence-corrected chi connectivity index (χ2v) is 6.23. The van der Waals surface area contributed by atoms with E-state index in [0.29, 0.717) is 0 Å². The lowest BCUT2D eigenvalue weighted by atomic mass is 9.87. The maximum atomic E-state index is 9.64. The maximum absolute atomic E-state index is 9.64. The number of benzene rings is 1. The zero-order valence-electron chi connectivity index (χ0n) is 13.8. The van der Waals surface area contributed by atoms with Crippen molar-refractivity contribution in [3.05, 3.63) is 53.1 Å². The highest BCUT2D eigenvalue weighted by molar-refractivity contribution is 5.78. The summed E-state index contributed by atoms with van der Waals surface area (Å²) in [6.07, 6.45) is 12.6. The summed E-state index contributed by atoms with van der Waals surface area (Å²) in [6.45, 7) is 4.45. The van der Waals surface area contributed by atoms with Gasteiger partial charge in [-0.25, -0.2) is 0 Å². The van der Waals surface area contributed by atoms with Crippen LogP contribution in [0, 0.1) is 0 Å². The number of hydrogen-bond donors (Lipinski definition) is 2. The summed E-state index contributed by atoms with van der Waals surface area (Å²) < 4.78 is 0. The SMILES string of the molecule is CCCCc1cccc(C2=CCC(O)(O)C=C2)c1CCCC. The third-order valence-corrected chi connectivity index (χ3v) is 4.32. The normalized spacial score (nSPS) is 16.6. The van der Waals surface area contributed by atoms with Gasteiger partial charge in [-0.1, -0.05) is 57.0 Å². The van der Waals surface area contributed by atoms with Gasteiger partial charge in [-0.3, -0.25) is 0 Å². The average molecular weight is 300 g/mol. The van der Waals surface area contributed by atoms with Gasteiger partial charge in [0.25, 0.3) is 0 Å².